The highest BCUT2D eigenvalue weighted by atomic mass is 16.5. The Kier molecular flexibility index (Phi) is 7.35. The third-order valence-electron chi connectivity index (χ3n) is 3.95. The lowest BCUT2D eigenvalue weighted by molar-refractivity contribution is -0.137. The van der Waals surface area contributed by atoms with Crippen molar-refractivity contribution in [3.8, 4) is 11.8 Å². The number of amides is 1. The minimum atomic E-state index is -0.677. The number of carbonyl (C=O) groups is 2. The summed E-state index contributed by atoms with van der Waals surface area (Å²) in [5.74, 6) is -0.511. The first-order chi connectivity index (χ1) is 13.4. The number of esters is 1. The predicted octanol–water partition coefficient (Wildman–Crippen LogP) is 3.79. The molecule has 0 heterocycles. The highest BCUT2D eigenvalue weighted by molar-refractivity contribution is 5.98. The lowest BCUT2D eigenvalue weighted by Crippen LogP contribution is -2.20. The monoisotopic (exact) mass is 378 g/mol. The van der Waals surface area contributed by atoms with E-state index in [4.69, 9.17) is 14.7 Å². The van der Waals surface area contributed by atoms with Crippen molar-refractivity contribution in [3.63, 3.8) is 0 Å². The summed E-state index contributed by atoms with van der Waals surface area (Å²) in [6.07, 6.45) is 1.42. The molecular formula is C22H22N2O4. The van der Waals surface area contributed by atoms with E-state index >= 15 is 0 Å². The Morgan fingerprint density at radius 2 is 1.93 bits per heavy atom. The number of anilines is 1. The van der Waals surface area contributed by atoms with E-state index in [1.165, 1.54) is 6.08 Å². The molecule has 0 bridgehead atoms. The van der Waals surface area contributed by atoms with Gasteiger partial charge in [0.25, 0.3) is 5.91 Å². The fourth-order valence-electron chi connectivity index (χ4n) is 2.37. The fraction of sp³-hybridized carbons (Fsp3) is 0.227. The first kappa shape index (κ1) is 20.7. The minimum Gasteiger partial charge on any atom is -0.484 e. The van der Waals surface area contributed by atoms with E-state index in [-0.39, 0.29) is 24.7 Å². The Labute approximate surface area is 164 Å². The van der Waals surface area contributed by atoms with E-state index in [2.05, 4.69) is 5.32 Å². The summed E-state index contributed by atoms with van der Waals surface area (Å²) in [4.78, 5) is 23.8. The standard InChI is InChI=1S/C22H22N2O4/c1-4-27-22(26)18(13-23)11-17-6-5-7-20(12-17)28-14-21(25)24-19-9-8-15(2)16(3)10-19/h5-12H,4,14H2,1-3H3,(H,24,25)/b18-11-. The van der Waals surface area contributed by atoms with Gasteiger partial charge in [0.1, 0.15) is 17.4 Å². The van der Waals surface area contributed by atoms with Crippen LogP contribution < -0.4 is 10.1 Å². The zero-order valence-electron chi connectivity index (χ0n) is 16.1. The van der Waals surface area contributed by atoms with Gasteiger partial charge >= 0.3 is 5.97 Å². The lowest BCUT2D eigenvalue weighted by Gasteiger charge is -2.09. The van der Waals surface area contributed by atoms with Crippen molar-refractivity contribution in [1.82, 2.24) is 0 Å². The molecule has 0 atom stereocenters. The Balaban J connectivity index is 2.00. The second-order valence-electron chi connectivity index (χ2n) is 6.10. The average Bonchev–Trinajstić information content (AvgIpc) is 2.68. The molecule has 1 amide bonds. The van der Waals surface area contributed by atoms with Gasteiger partial charge in [-0.3, -0.25) is 4.79 Å². The molecular weight excluding hydrogens is 356 g/mol. The topological polar surface area (TPSA) is 88.4 Å². The van der Waals surface area contributed by atoms with Crippen LogP contribution in [0.2, 0.25) is 0 Å². The normalized spacial score (nSPS) is 10.7. The number of hydrogen-bond donors (Lipinski definition) is 1. The molecule has 2 rings (SSSR count). The molecule has 6 heteroatoms. The fourth-order valence-corrected chi connectivity index (χ4v) is 2.37. The molecule has 0 aliphatic rings. The highest BCUT2D eigenvalue weighted by Gasteiger charge is 2.10. The molecule has 0 unspecified atom stereocenters. The second kappa shape index (κ2) is 9.93. The molecule has 1 N–H and O–H groups in total. The molecule has 28 heavy (non-hydrogen) atoms. The lowest BCUT2D eigenvalue weighted by atomic mass is 10.1. The molecule has 0 fully saturated rings. The van der Waals surface area contributed by atoms with Gasteiger partial charge in [-0.15, -0.1) is 0 Å². The smallest absolute Gasteiger partial charge is 0.348 e. The second-order valence-corrected chi connectivity index (χ2v) is 6.10. The Hall–Kier alpha value is -3.59. The predicted molar refractivity (Wildman–Crippen MR) is 107 cm³/mol. The van der Waals surface area contributed by atoms with E-state index in [0.29, 0.717) is 17.0 Å². The summed E-state index contributed by atoms with van der Waals surface area (Å²) >= 11 is 0. The summed E-state index contributed by atoms with van der Waals surface area (Å²) in [5.41, 5.74) is 3.44. The van der Waals surface area contributed by atoms with E-state index in [0.717, 1.165) is 11.1 Å². The molecule has 0 aliphatic carbocycles. The SMILES string of the molecule is CCOC(=O)/C(C#N)=C\c1cccc(OCC(=O)Nc2ccc(C)c(C)c2)c1. The van der Waals surface area contributed by atoms with Crippen LogP contribution in [-0.2, 0) is 14.3 Å². The van der Waals surface area contributed by atoms with Crippen LogP contribution in [0, 0.1) is 25.2 Å². The zero-order chi connectivity index (χ0) is 20.5. The van der Waals surface area contributed by atoms with Gasteiger partial charge < -0.3 is 14.8 Å². The number of rotatable bonds is 7. The quantitative estimate of drug-likeness (QED) is 0.450. The van der Waals surface area contributed by atoms with Crippen LogP contribution in [0.1, 0.15) is 23.6 Å². The van der Waals surface area contributed by atoms with Crippen LogP contribution in [0.3, 0.4) is 0 Å². The average molecular weight is 378 g/mol. The maximum absolute atomic E-state index is 12.1. The van der Waals surface area contributed by atoms with Gasteiger partial charge in [0.15, 0.2) is 6.61 Å². The number of nitriles is 1. The first-order valence-electron chi connectivity index (χ1n) is 8.81. The number of nitrogens with zero attached hydrogens (tertiary/aromatic N) is 1. The third-order valence-corrected chi connectivity index (χ3v) is 3.95. The minimum absolute atomic E-state index is 0.105. The number of nitrogens with one attached hydrogen (secondary N) is 1. The number of carbonyl (C=O) groups excluding carboxylic acids is 2. The van der Waals surface area contributed by atoms with Gasteiger partial charge in [0.2, 0.25) is 0 Å². The Morgan fingerprint density at radius 3 is 2.61 bits per heavy atom. The van der Waals surface area contributed by atoms with Crippen molar-refractivity contribution in [3.05, 3.63) is 64.7 Å². The highest BCUT2D eigenvalue weighted by Crippen LogP contribution is 2.17. The molecule has 0 aliphatic heterocycles. The van der Waals surface area contributed by atoms with Crippen molar-refractivity contribution < 1.29 is 19.1 Å². The summed E-state index contributed by atoms with van der Waals surface area (Å²) < 4.78 is 10.4. The van der Waals surface area contributed by atoms with E-state index in [1.54, 1.807) is 31.2 Å². The number of ether oxygens (including phenoxy) is 2. The summed E-state index contributed by atoms with van der Waals surface area (Å²) in [7, 11) is 0. The van der Waals surface area contributed by atoms with Crippen molar-refractivity contribution in [2.45, 2.75) is 20.8 Å². The number of benzene rings is 2. The third kappa shape index (κ3) is 5.99. The molecule has 0 radical (unpaired) electrons. The van der Waals surface area contributed by atoms with Gasteiger partial charge in [-0.05, 0) is 67.8 Å². The summed E-state index contributed by atoms with van der Waals surface area (Å²) in [5, 5.41) is 11.9. The molecule has 144 valence electrons. The number of hydrogen-bond acceptors (Lipinski definition) is 5. The van der Waals surface area contributed by atoms with Gasteiger partial charge in [-0.25, -0.2) is 4.79 Å². The molecule has 6 nitrogen and oxygen atoms in total. The van der Waals surface area contributed by atoms with Crippen LogP contribution in [0.5, 0.6) is 5.75 Å². The van der Waals surface area contributed by atoms with Crippen molar-refractivity contribution >= 4 is 23.6 Å². The van der Waals surface area contributed by atoms with E-state index in [9.17, 15) is 9.59 Å². The largest absolute Gasteiger partial charge is 0.484 e. The van der Waals surface area contributed by atoms with Crippen molar-refractivity contribution in [2.75, 3.05) is 18.5 Å². The first-order valence-corrected chi connectivity index (χ1v) is 8.81. The van der Waals surface area contributed by atoms with E-state index < -0.39 is 5.97 Å². The maximum atomic E-state index is 12.1. The van der Waals surface area contributed by atoms with Gasteiger partial charge in [-0.1, -0.05) is 18.2 Å². The van der Waals surface area contributed by atoms with Crippen molar-refractivity contribution in [2.24, 2.45) is 0 Å². The number of aryl methyl sites for hydroxylation is 2. The molecule has 0 spiro atoms. The zero-order valence-corrected chi connectivity index (χ0v) is 16.1. The van der Waals surface area contributed by atoms with Gasteiger partial charge in [0.05, 0.1) is 6.61 Å². The van der Waals surface area contributed by atoms with Gasteiger partial charge in [0, 0.05) is 5.69 Å². The molecule has 2 aromatic carbocycles. The van der Waals surface area contributed by atoms with Crippen LogP contribution in [0.15, 0.2) is 48.0 Å². The Bertz CT molecular complexity index is 942. The summed E-state index contributed by atoms with van der Waals surface area (Å²) in [6.45, 7) is 5.68. The van der Waals surface area contributed by atoms with Crippen LogP contribution in [0.4, 0.5) is 5.69 Å². The molecule has 2 aromatic rings. The molecule has 0 saturated carbocycles. The molecule has 0 saturated heterocycles. The Morgan fingerprint density at radius 1 is 1.14 bits per heavy atom. The van der Waals surface area contributed by atoms with Crippen molar-refractivity contribution in [1.29, 1.82) is 5.26 Å². The molecule has 0 aromatic heterocycles. The van der Waals surface area contributed by atoms with E-state index in [1.807, 2.05) is 38.1 Å². The maximum Gasteiger partial charge on any atom is 0.348 e. The van der Waals surface area contributed by atoms with Gasteiger partial charge in [-0.2, -0.15) is 5.26 Å². The van der Waals surface area contributed by atoms with Crippen LogP contribution in [0.25, 0.3) is 6.08 Å². The van der Waals surface area contributed by atoms with Crippen LogP contribution >= 0.6 is 0 Å². The van der Waals surface area contributed by atoms with Crippen LogP contribution in [-0.4, -0.2) is 25.1 Å². The summed E-state index contributed by atoms with van der Waals surface area (Å²) in [6, 6.07) is 14.3.